The minimum absolute atomic E-state index is 0.00340. The largest absolute Gasteiger partial charge is 0.339 e. The van der Waals surface area contributed by atoms with Crippen LogP contribution in [-0.4, -0.2) is 38.7 Å². The van der Waals surface area contributed by atoms with Crippen LogP contribution in [0.15, 0.2) is 55.0 Å². The molecule has 1 aliphatic heterocycles. The Hall–Kier alpha value is -2.86. The Labute approximate surface area is 169 Å². The van der Waals surface area contributed by atoms with Crippen LogP contribution >= 0.6 is 11.6 Å². The smallest absolute Gasteiger partial charge is 0.255 e. The number of pyridine rings is 1. The lowest BCUT2D eigenvalue weighted by atomic mass is 10.1. The van der Waals surface area contributed by atoms with Crippen molar-refractivity contribution in [1.82, 2.24) is 19.7 Å². The summed E-state index contributed by atoms with van der Waals surface area (Å²) < 4.78 is 1.85. The minimum Gasteiger partial charge on any atom is -0.339 e. The van der Waals surface area contributed by atoms with E-state index in [1.54, 1.807) is 18.5 Å². The lowest BCUT2D eigenvalue weighted by molar-refractivity contribution is 0.0724. The van der Waals surface area contributed by atoms with Crippen molar-refractivity contribution in [3.05, 3.63) is 71.1 Å². The van der Waals surface area contributed by atoms with Gasteiger partial charge in [-0.2, -0.15) is 5.10 Å². The third-order valence-corrected chi connectivity index (χ3v) is 5.10. The van der Waals surface area contributed by atoms with Gasteiger partial charge in [0.05, 0.1) is 29.0 Å². The van der Waals surface area contributed by atoms with Crippen molar-refractivity contribution in [3.8, 4) is 0 Å². The SMILES string of the molecule is O=C(c1cnc(Nc2cnn(Cc3ccccc3)c2)c(Cl)c1)N1CCCCC1. The molecule has 28 heavy (non-hydrogen) atoms. The van der Waals surface area contributed by atoms with E-state index in [1.807, 2.05) is 34.0 Å². The number of nitrogens with one attached hydrogen (secondary N) is 1. The first kappa shape index (κ1) is 18.5. The maximum absolute atomic E-state index is 12.6. The van der Waals surface area contributed by atoms with Crippen LogP contribution in [0.1, 0.15) is 35.2 Å². The fourth-order valence-electron chi connectivity index (χ4n) is 3.35. The molecule has 2 aromatic heterocycles. The molecule has 3 heterocycles. The summed E-state index contributed by atoms with van der Waals surface area (Å²) in [5, 5.41) is 7.95. The van der Waals surface area contributed by atoms with E-state index < -0.39 is 0 Å². The number of piperidine rings is 1. The molecule has 7 heteroatoms. The molecular weight excluding hydrogens is 374 g/mol. The van der Waals surface area contributed by atoms with Crippen LogP contribution in [-0.2, 0) is 6.54 Å². The standard InChI is InChI=1S/C21H22ClN5O/c22-19-11-17(21(28)26-9-5-2-6-10-26)12-23-20(19)25-18-13-24-27(15-18)14-16-7-3-1-4-8-16/h1,3-4,7-8,11-13,15H,2,5-6,9-10,14H2,(H,23,25). The average molecular weight is 396 g/mol. The third-order valence-electron chi connectivity index (χ3n) is 4.81. The molecule has 0 saturated carbocycles. The maximum atomic E-state index is 12.6. The van der Waals surface area contributed by atoms with Crippen molar-refractivity contribution in [2.45, 2.75) is 25.8 Å². The van der Waals surface area contributed by atoms with Crippen LogP contribution in [0, 0.1) is 0 Å². The molecule has 1 aliphatic rings. The molecule has 1 fully saturated rings. The molecule has 1 N–H and O–H groups in total. The second kappa shape index (κ2) is 8.44. The van der Waals surface area contributed by atoms with E-state index in [0.717, 1.165) is 31.6 Å². The highest BCUT2D eigenvalue weighted by Crippen LogP contribution is 2.25. The van der Waals surface area contributed by atoms with Crippen LogP contribution in [0.25, 0.3) is 0 Å². The summed E-state index contributed by atoms with van der Waals surface area (Å²) >= 11 is 6.38. The van der Waals surface area contributed by atoms with Crippen LogP contribution in [0.2, 0.25) is 5.02 Å². The summed E-state index contributed by atoms with van der Waals surface area (Å²) in [6.07, 6.45) is 8.51. The second-order valence-corrected chi connectivity index (χ2v) is 7.35. The van der Waals surface area contributed by atoms with Gasteiger partial charge < -0.3 is 10.2 Å². The van der Waals surface area contributed by atoms with Crippen LogP contribution in [0.5, 0.6) is 0 Å². The monoisotopic (exact) mass is 395 g/mol. The van der Waals surface area contributed by atoms with E-state index in [2.05, 4.69) is 27.5 Å². The van der Waals surface area contributed by atoms with E-state index in [4.69, 9.17) is 11.6 Å². The van der Waals surface area contributed by atoms with Gasteiger partial charge in [-0.25, -0.2) is 4.98 Å². The molecule has 1 aromatic carbocycles. The number of benzene rings is 1. The summed E-state index contributed by atoms with van der Waals surface area (Å²) in [4.78, 5) is 18.8. The Morgan fingerprint density at radius 2 is 1.89 bits per heavy atom. The Morgan fingerprint density at radius 3 is 2.64 bits per heavy atom. The van der Waals surface area contributed by atoms with Crippen molar-refractivity contribution in [3.63, 3.8) is 0 Å². The summed E-state index contributed by atoms with van der Waals surface area (Å²) in [6.45, 7) is 2.29. The molecule has 1 amide bonds. The predicted octanol–water partition coefficient (Wildman–Crippen LogP) is 4.35. The van der Waals surface area contributed by atoms with E-state index in [0.29, 0.717) is 22.9 Å². The van der Waals surface area contributed by atoms with Crippen molar-refractivity contribution in [1.29, 1.82) is 0 Å². The first-order valence-corrected chi connectivity index (χ1v) is 9.85. The molecule has 0 radical (unpaired) electrons. The number of nitrogens with zero attached hydrogens (tertiary/aromatic N) is 4. The third kappa shape index (κ3) is 4.34. The summed E-state index contributed by atoms with van der Waals surface area (Å²) in [5.41, 5.74) is 2.49. The normalized spacial score (nSPS) is 14.1. The highest BCUT2D eigenvalue weighted by atomic mass is 35.5. The number of carbonyl (C=O) groups excluding carboxylic acids is 1. The highest BCUT2D eigenvalue weighted by molar-refractivity contribution is 6.33. The quantitative estimate of drug-likeness (QED) is 0.697. The number of aromatic nitrogens is 3. The number of hydrogen-bond donors (Lipinski definition) is 1. The van der Waals surface area contributed by atoms with E-state index in [9.17, 15) is 4.79 Å². The molecule has 4 rings (SSSR count). The molecule has 6 nitrogen and oxygen atoms in total. The van der Waals surface area contributed by atoms with E-state index in [1.165, 1.54) is 12.0 Å². The van der Waals surface area contributed by atoms with Gasteiger partial charge in [-0.3, -0.25) is 9.48 Å². The second-order valence-electron chi connectivity index (χ2n) is 6.94. The fraction of sp³-hybridized carbons (Fsp3) is 0.286. The average Bonchev–Trinajstić information content (AvgIpc) is 3.17. The van der Waals surface area contributed by atoms with Crippen molar-refractivity contribution < 1.29 is 4.79 Å². The number of halogens is 1. The van der Waals surface area contributed by atoms with Gasteiger partial charge in [0, 0.05) is 25.5 Å². The fourth-order valence-corrected chi connectivity index (χ4v) is 3.56. The molecule has 1 saturated heterocycles. The predicted molar refractivity (Wildman–Crippen MR) is 110 cm³/mol. The summed E-state index contributed by atoms with van der Waals surface area (Å²) in [6, 6.07) is 11.8. The van der Waals surface area contributed by atoms with Gasteiger partial charge in [-0.15, -0.1) is 0 Å². The zero-order chi connectivity index (χ0) is 19.3. The van der Waals surface area contributed by atoms with Crippen molar-refractivity contribution >= 4 is 29.0 Å². The highest BCUT2D eigenvalue weighted by Gasteiger charge is 2.19. The zero-order valence-corrected chi connectivity index (χ0v) is 16.3. The van der Waals surface area contributed by atoms with Gasteiger partial charge in [-0.1, -0.05) is 41.9 Å². The number of hydrogen-bond acceptors (Lipinski definition) is 4. The lowest BCUT2D eigenvalue weighted by Gasteiger charge is -2.26. The molecule has 144 valence electrons. The Kier molecular flexibility index (Phi) is 5.58. The first-order valence-electron chi connectivity index (χ1n) is 9.47. The number of rotatable bonds is 5. The zero-order valence-electron chi connectivity index (χ0n) is 15.5. The number of likely N-dealkylation sites (tertiary alicyclic amines) is 1. The van der Waals surface area contributed by atoms with Gasteiger partial charge >= 0.3 is 0 Å². The Bertz CT molecular complexity index is 950. The van der Waals surface area contributed by atoms with Crippen molar-refractivity contribution in [2.75, 3.05) is 18.4 Å². The van der Waals surface area contributed by atoms with Crippen LogP contribution in [0.4, 0.5) is 11.5 Å². The van der Waals surface area contributed by atoms with Gasteiger partial charge in [0.1, 0.15) is 5.82 Å². The van der Waals surface area contributed by atoms with Crippen molar-refractivity contribution in [2.24, 2.45) is 0 Å². The van der Waals surface area contributed by atoms with Gasteiger partial charge in [0.25, 0.3) is 5.91 Å². The number of anilines is 2. The number of carbonyl (C=O) groups is 1. The summed E-state index contributed by atoms with van der Waals surface area (Å²) in [7, 11) is 0. The molecule has 0 aliphatic carbocycles. The molecule has 3 aromatic rings. The molecule has 0 atom stereocenters. The minimum atomic E-state index is -0.00340. The molecule has 0 bridgehead atoms. The molecule has 0 unspecified atom stereocenters. The van der Waals surface area contributed by atoms with E-state index in [-0.39, 0.29) is 5.91 Å². The first-order chi connectivity index (χ1) is 13.7. The molecule has 0 spiro atoms. The van der Waals surface area contributed by atoms with Gasteiger partial charge in [0.15, 0.2) is 0 Å². The Morgan fingerprint density at radius 1 is 1.11 bits per heavy atom. The van der Waals surface area contributed by atoms with Gasteiger partial charge in [-0.05, 0) is 30.9 Å². The van der Waals surface area contributed by atoms with Gasteiger partial charge in [0.2, 0.25) is 0 Å². The topological polar surface area (TPSA) is 63.1 Å². The van der Waals surface area contributed by atoms with Crippen LogP contribution in [0.3, 0.4) is 0 Å². The lowest BCUT2D eigenvalue weighted by Crippen LogP contribution is -2.35. The summed E-state index contributed by atoms with van der Waals surface area (Å²) in [5.74, 6) is 0.507. The maximum Gasteiger partial charge on any atom is 0.255 e. The van der Waals surface area contributed by atoms with Crippen LogP contribution < -0.4 is 5.32 Å². The van der Waals surface area contributed by atoms with E-state index >= 15 is 0 Å². The molecular formula is C21H22ClN5O. The number of amides is 1. The Balaban J connectivity index is 1.43.